The van der Waals surface area contributed by atoms with Crippen molar-refractivity contribution in [1.82, 2.24) is 10.2 Å². The second kappa shape index (κ2) is 4.13. The summed E-state index contributed by atoms with van der Waals surface area (Å²) in [6, 6.07) is 0. The Labute approximate surface area is 85.2 Å². The molecule has 2 heterocycles. The number of carbonyl (C=O) groups excluding carboxylic acids is 1. The molecule has 0 aromatic heterocycles. The fourth-order valence-corrected chi connectivity index (χ4v) is 1.99. The SMILES string of the molecule is CC1=CCCN(C(=O)CC2CNC2)C1. The molecule has 2 rings (SSSR count). The van der Waals surface area contributed by atoms with Gasteiger partial charge in [0.25, 0.3) is 0 Å². The Morgan fingerprint density at radius 3 is 3.00 bits per heavy atom. The molecule has 0 aromatic carbocycles. The Morgan fingerprint density at radius 2 is 2.43 bits per heavy atom. The van der Waals surface area contributed by atoms with E-state index in [1.54, 1.807) is 0 Å². The second-order valence-corrected chi connectivity index (χ2v) is 4.38. The van der Waals surface area contributed by atoms with E-state index < -0.39 is 0 Å². The minimum atomic E-state index is 0.337. The molecule has 0 spiro atoms. The Bertz CT molecular complexity index is 256. The lowest BCUT2D eigenvalue weighted by molar-refractivity contribution is -0.132. The number of nitrogens with one attached hydrogen (secondary N) is 1. The highest BCUT2D eigenvalue weighted by Crippen LogP contribution is 2.14. The number of hydrogen-bond acceptors (Lipinski definition) is 2. The molecule has 2 aliphatic rings. The third kappa shape index (κ3) is 2.15. The van der Waals surface area contributed by atoms with Gasteiger partial charge in [0.15, 0.2) is 0 Å². The molecule has 1 fully saturated rings. The fraction of sp³-hybridized carbons (Fsp3) is 0.727. The summed E-state index contributed by atoms with van der Waals surface area (Å²) in [6.07, 6.45) is 4.00. The van der Waals surface area contributed by atoms with Crippen molar-refractivity contribution >= 4 is 5.91 Å². The van der Waals surface area contributed by atoms with Crippen LogP contribution in [0.2, 0.25) is 0 Å². The molecule has 1 amide bonds. The van der Waals surface area contributed by atoms with Crippen LogP contribution >= 0.6 is 0 Å². The summed E-state index contributed by atoms with van der Waals surface area (Å²) in [6.45, 7) is 5.91. The molecule has 14 heavy (non-hydrogen) atoms. The normalized spacial score (nSPS) is 22.9. The average molecular weight is 194 g/mol. The smallest absolute Gasteiger partial charge is 0.223 e. The standard InChI is InChI=1S/C11H18N2O/c1-9-3-2-4-13(8-9)11(14)5-10-6-12-7-10/h3,10,12H,2,4-8H2,1H3. The van der Waals surface area contributed by atoms with Crippen LogP contribution < -0.4 is 5.32 Å². The van der Waals surface area contributed by atoms with Gasteiger partial charge in [-0.2, -0.15) is 0 Å². The highest BCUT2D eigenvalue weighted by molar-refractivity contribution is 5.77. The number of carbonyl (C=O) groups is 1. The van der Waals surface area contributed by atoms with Crippen LogP contribution in [0.3, 0.4) is 0 Å². The number of amides is 1. The second-order valence-electron chi connectivity index (χ2n) is 4.38. The Balaban J connectivity index is 1.82. The van der Waals surface area contributed by atoms with E-state index in [0.29, 0.717) is 11.8 Å². The van der Waals surface area contributed by atoms with Crippen molar-refractivity contribution in [3.8, 4) is 0 Å². The van der Waals surface area contributed by atoms with Crippen molar-refractivity contribution in [3.63, 3.8) is 0 Å². The first-order valence-corrected chi connectivity index (χ1v) is 5.40. The molecule has 0 radical (unpaired) electrons. The summed E-state index contributed by atoms with van der Waals surface area (Å²) in [5, 5.41) is 3.20. The maximum absolute atomic E-state index is 11.8. The average Bonchev–Trinajstić information content (AvgIpc) is 2.11. The lowest BCUT2D eigenvalue weighted by Gasteiger charge is -2.31. The molecule has 78 valence electrons. The quantitative estimate of drug-likeness (QED) is 0.659. The molecule has 0 aliphatic carbocycles. The molecule has 0 aromatic rings. The molecule has 0 bridgehead atoms. The lowest BCUT2D eigenvalue weighted by atomic mass is 9.98. The zero-order valence-corrected chi connectivity index (χ0v) is 8.75. The minimum Gasteiger partial charge on any atom is -0.338 e. The fourth-order valence-electron chi connectivity index (χ4n) is 1.99. The summed E-state index contributed by atoms with van der Waals surface area (Å²) in [5.41, 5.74) is 1.33. The summed E-state index contributed by atoms with van der Waals surface area (Å²) < 4.78 is 0. The number of hydrogen-bond donors (Lipinski definition) is 1. The predicted molar refractivity (Wildman–Crippen MR) is 55.9 cm³/mol. The predicted octanol–water partition coefficient (Wildman–Crippen LogP) is 0.774. The minimum absolute atomic E-state index is 0.337. The van der Waals surface area contributed by atoms with E-state index in [1.165, 1.54) is 5.57 Å². The van der Waals surface area contributed by atoms with Gasteiger partial charge in [-0.05, 0) is 32.4 Å². The van der Waals surface area contributed by atoms with Gasteiger partial charge in [0.2, 0.25) is 5.91 Å². The summed E-state index contributed by atoms with van der Waals surface area (Å²) in [7, 11) is 0. The maximum Gasteiger partial charge on any atom is 0.223 e. The largest absolute Gasteiger partial charge is 0.338 e. The summed E-state index contributed by atoms with van der Waals surface area (Å²) >= 11 is 0. The van der Waals surface area contributed by atoms with Crippen LogP contribution in [0.5, 0.6) is 0 Å². The number of rotatable bonds is 2. The van der Waals surface area contributed by atoms with Gasteiger partial charge in [-0.3, -0.25) is 4.79 Å². The monoisotopic (exact) mass is 194 g/mol. The van der Waals surface area contributed by atoms with E-state index in [-0.39, 0.29) is 0 Å². The third-order valence-electron chi connectivity index (χ3n) is 3.01. The molecule has 0 saturated carbocycles. The van der Waals surface area contributed by atoms with Crippen molar-refractivity contribution in [3.05, 3.63) is 11.6 Å². The Morgan fingerprint density at radius 1 is 1.64 bits per heavy atom. The highest BCUT2D eigenvalue weighted by atomic mass is 16.2. The molecular formula is C11H18N2O. The molecule has 0 atom stereocenters. The van der Waals surface area contributed by atoms with E-state index in [4.69, 9.17) is 0 Å². The van der Waals surface area contributed by atoms with Gasteiger partial charge in [0.05, 0.1) is 0 Å². The highest BCUT2D eigenvalue weighted by Gasteiger charge is 2.24. The topological polar surface area (TPSA) is 32.3 Å². The van der Waals surface area contributed by atoms with E-state index >= 15 is 0 Å². The van der Waals surface area contributed by atoms with Gasteiger partial charge < -0.3 is 10.2 Å². The molecule has 0 unspecified atom stereocenters. The molecule has 3 heteroatoms. The molecule has 1 saturated heterocycles. The van der Waals surface area contributed by atoms with Crippen LogP contribution in [-0.4, -0.2) is 37.0 Å². The number of nitrogens with zero attached hydrogens (tertiary/aromatic N) is 1. The van der Waals surface area contributed by atoms with Crippen LogP contribution in [0, 0.1) is 5.92 Å². The van der Waals surface area contributed by atoms with Crippen LogP contribution in [0.15, 0.2) is 11.6 Å². The van der Waals surface area contributed by atoms with Gasteiger partial charge in [0.1, 0.15) is 0 Å². The lowest BCUT2D eigenvalue weighted by Crippen LogP contribution is -2.46. The zero-order valence-electron chi connectivity index (χ0n) is 8.75. The van der Waals surface area contributed by atoms with Crippen molar-refractivity contribution in [2.24, 2.45) is 5.92 Å². The van der Waals surface area contributed by atoms with Gasteiger partial charge in [-0.1, -0.05) is 11.6 Å². The molecule has 2 aliphatic heterocycles. The van der Waals surface area contributed by atoms with Crippen LogP contribution in [0.4, 0.5) is 0 Å². The zero-order chi connectivity index (χ0) is 9.97. The van der Waals surface area contributed by atoms with Gasteiger partial charge in [0, 0.05) is 19.5 Å². The summed E-state index contributed by atoms with van der Waals surface area (Å²) in [5.74, 6) is 0.928. The first-order valence-electron chi connectivity index (χ1n) is 5.40. The molecular weight excluding hydrogens is 176 g/mol. The van der Waals surface area contributed by atoms with Crippen molar-refractivity contribution in [1.29, 1.82) is 0 Å². The van der Waals surface area contributed by atoms with E-state index in [2.05, 4.69) is 18.3 Å². The third-order valence-corrected chi connectivity index (χ3v) is 3.01. The first kappa shape index (κ1) is 9.71. The summed E-state index contributed by atoms with van der Waals surface area (Å²) in [4.78, 5) is 13.8. The van der Waals surface area contributed by atoms with Crippen molar-refractivity contribution in [2.45, 2.75) is 19.8 Å². The van der Waals surface area contributed by atoms with Gasteiger partial charge in [-0.25, -0.2) is 0 Å². The van der Waals surface area contributed by atoms with Gasteiger partial charge >= 0.3 is 0 Å². The van der Waals surface area contributed by atoms with Crippen molar-refractivity contribution < 1.29 is 4.79 Å². The van der Waals surface area contributed by atoms with Crippen LogP contribution in [0.1, 0.15) is 19.8 Å². The Kier molecular flexibility index (Phi) is 2.87. The van der Waals surface area contributed by atoms with Crippen LogP contribution in [-0.2, 0) is 4.79 Å². The first-order chi connectivity index (χ1) is 6.75. The maximum atomic E-state index is 11.8. The van der Waals surface area contributed by atoms with Gasteiger partial charge in [-0.15, -0.1) is 0 Å². The van der Waals surface area contributed by atoms with Crippen molar-refractivity contribution in [2.75, 3.05) is 26.2 Å². The van der Waals surface area contributed by atoms with E-state index in [1.807, 2.05) is 4.90 Å². The van der Waals surface area contributed by atoms with Crippen LogP contribution in [0.25, 0.3) is 0 Å². The molecule has 3 nitrogen and oxygen atoms in total. The van der Waals surface area contributed by atoms with E-state index in [0.717, 1.165) is 39.0 Å². The Hall–Kier alpha value is -0.830. The molecule has 1 N–H and O–H groups in total. The van der Waals surface area contributed by atoms with E-state index in [9.17, 15) is 4.79 Å².